The van der Waals surface area contributed by atoms with Crippen molar-refractivity contribution in [2.45, 2.75) is 115 Å². The van der Waals surface area contributed by atoms with E-state index in [4.69, 9.17) is 0 Å². The van der Waals surface area contributed by atoms with Crippen molar-refractivity contribution < 1.29 is 28.5 Å². The number of halogens is 3. The van der Waals surface area contributed by atoms with Gasteiger partial charge in [-0.1, -0.05) is 39.2 Å². The molecule has 30 heavy (non-hydrogen) atoms. The molecular weight excluding hydrogens is 393 g/mol. The highest BCUT2D eigenvalue weighted by atomic mass is 19.4. The number of aliphatic hydroxyl groups excluding tert-OH is 1. The fourth-order valence-electron chi connectivity index (χ4n) is 5.74. The molecule has 6 heteroatoms. The van der Waals surface area contributed by atoms with Gasteiger partial charge >= 0.3 is 6.18 Å². The largest absolute Gasteiger partial charge is 0.420 e. The molecule has 2 aliphatic rings. The van der Waals surface area contributed by atoms with Crippen molar-refractivity contribution in [2.75, 3.05) is 0 Å². The Morgan fingerprint density at radius 1 is 1.13 bits per heavy atom. The van der Waals surface area contributed by atoms with Crippen LogP contribution >= 0.6 is 0 Å². The van der Waals surface area contributed by atoms with Gasteiger partial charge in [-0.3, -0.25) is 0 Å². The van der Waals surface area contributed by atoms with Crippen molar-refractivity contribution in [1.29, 1.82) is 0 Å². The summed E-state index contributed by atoms with van der Waals surface area (Å²) in [5.74, 6) is -0.0330. The number of fused-ring (bicyclic) bond motifs is 1. The van der Waals surface area contributed by atoms with E-state index < -0.39 is 23.5 Å². The fourth-order valence-corrected chi connectivity index (χ4v) is 5.74. The molecule has 0 spiro atoms. The number of allylic oxidation sites excluding steroid dienone is 1. The van der Waals surface area contributed by atoms with Gasteiger partial charge in [0.25, 0.3) is 0 Å². The van der Waals surface area contributed by atoms with E-state index in [1.165, 1.54) is 6.08 Å². The molecule has 2 rings (SSSR count). The molecule has 0 heterocycles. The number of hydrogen-bond donors (Lipinski definition) is 3. The third-order valence-corrected chi connectivity index (χ3v) is 7.75. The Kier molecular flexibility index (Phi) is 8.13. The van der Waals surface area contributed by atoms with Crippen LogP contribution in [0.1, 0.15) is 91.9 Å². The van der Waals surface area contributed by atoms with E-state index in [2.05, 4.69) is 0 Å². The maximum absolute atomic E-state index is 13.9. The molecule has 2 aliphatic carbocycles. The van der Waals surface area contributed by atoms with Crippen LogP contribution in [0.2, 0.25) is 0 Å². The molecule has 6 atom stereocenters. The van der Waals surface area contributed by atoms with Crippen LogP contribution in [0.5, 0.6) is 0 Å². The first-order valence-corrected chi connectivity index (χ1v) is 11.6. The predicted octanol–water partition coefficient (Wildman–Crippen LogP) is 5.77. The lowest BCUT2D eigenvalue weighted by atomic mass is 9.62. The van der Waals surface area contributed by atoms with E-state index in [-0.39, 0.29) is 29.6 Å². The van der Waals surface area contributed by atoms with Gasteiger partial charge in [-0.25, -0.2) is 0 Å². The second kappa shape index (κ2) is 9.50. The molecule has 3 nitrogen and oxygen atoms in total. The minimum atomic E-state index is -4.73. The molecule has 0 radical (unpaired) electrons. The van der Waals surface area contributed by atoms with Crippen LogP contribution < -0.4 is 0 Å². The molecule has 0 aromatic carbocycles. The third kappa shape index (κ3) is 6.23. The first-order valence-electron chi connectivity index (χ1n) is 11.6. The molecule has 0 saturated heterocycles. The second-order valence-electron chi connectivity index (χ2n) is 10.9. The molecule has 0 bridgehead atoms. The molecule has 0 aliphatic heterocycles. The van der Waals surface area contributed by atoms with E-state index >= 15 is 0 Å². The highest BCUT2D eigenvalue weighted by molar-refractivity contribution is 5.10. The maximum Gasteiger partial charge on any atom is 0.420 e. The molecule has 3 N–H and O–H groups in total. The summed E-state index contributed by atoms with van der Waals surface area (Å²) < 4.78 is 41.6. The molecule has 0 amide bonds. The summed E-state index contributed by atoms with van der Waals surface area (Å²) in [6.45, 7) is 7.48. The van der Waals surface area contributed by atoms with Crippen molar-refractivity contribution in [2.24, 2.45) is 23.2 Å². The molecule has 176 valence electrons. The lowest BCUT2D eigenvalue weighted by Gasteiger charge is -2.45. The quantitative estimate of drug-likeness (QED) is 0.404. The Morgan fingerprint density at radius 2 is 1.80 bits per heavy atom. The Morgan fingerprint density at radius 3 is 2.40 bits per heavy atom. The van der Waals surface area contributed by atoms with Gasteiger partial charge in [0.1, 0.15) is 0 Å². The third-order valence-electron chi connectivity index (χ3n) is 7.75. The predicted molar refractivity (Wildman–Crippen MR) is 113 cm³/mol. The summed E-state index contributed by atoms with van der Waals surface area (Å²) in [7, 11) is 0. The van der Waals surface area contributed by atoms with Crippen molar-refractivity contribution in [3.8, 4) is 0 Å². The molecule has 2 saturated carbocycles. The minimum Gasteiger partial charge on any atom is -0.393 e. The van der Waals surface area contributed by atoms with Gasteiger partial charge in [-0.15, -0.1) is 0 Å². The Balaban J connectivity index is 2.01. The van der Waals surface area contributed by atoms with Gasteiger partial charge in [0, 0.05) is 0 Å². The summed E-state index contributed by atoms with van der Waals surface area (Å²) >= 11 is 0. The van der Waals surface area contributed by atoms with E-state index in [1.807, 2.05) is 13.8 Å². The average molecular weight is 435 g/mol. The molecular formula is C24H41F3O3. The van der Waals surface area contributed by atoms with Crippen LogP contribution in [-0.4, -0.2) is 38.8 Å². The second-order valence-corrected chi connectivity index (χ2v) is 10.9. The summed E-state index contributed by atoms with van der Waals surface area (Å²) in [6, 6.07) is 0. The van der Waals surface area contributed by atoms with Crippen molar-refractivity contribution in [3.63, 3.8) is 0 Å². The highest BCUT2D eigenvalue weighted by Gasteiger charge is 2.58. The lowest BCUT2D eigenvalue weighted by molar-refractivity contribution is -0.248. The van der Waals surface area contributed by atoms with Crippen LogP contribution in [0.15, 0.2) is 12.2 Å². The van der Waals surface area contributed by atoms with Gasteiger partial charge in [0.15, 0.2) is 5.60 Å². The Hall–Kier alpha value is -0.590. The van der Waals surface area contributed by atoms with Crippen molar-refractivity contribution >= 4 is 0 Å². The smallest absolute Gasteiger partial charge is 0.393 e. The zero-order valence-corrected chi connectivity index (χ0v) is 19.0. The normalized spacial score (nSPS) is 33.5. The van der Waals surface area contributed by atoms with Gasteiger partial charge in [0.05, 0.1) is 11.7 Å². The molecule has 0 aromatic rings. The summed E-state index contributed by atoms with van der Waals surface area (Å²) in [4.78, 5) is 0. The first-order chi connectivity index (χ1) is 13.7. The molecule has 0 aromatic heterocycles. The van der Waals surface area contributed by atoms with Crippen LogP contribution in [0.4, 0.5) is 13.2 Å². The average Bonchev–Trinajstić information content (AvgIpc) is 2.90. The fraction of sp³-hybridized carbons (Fsp3) is 0.917. The van der Waals surface area contributed by atoms with E-state index in [9.17, 15) is 28.5 Å². The zero-order valence-electron chi connectivity index (χ0n) is 19.0. The number of rotatable bonds is 9. The molecule has 5 unspecified atom stereocenters. The summed E-state index contributed by atoms with van der Waals surface area (Å²) in [5.41, 5.74) is -3.89. The van der Waals surface area contributed by atoms with Gasteiger partial charge < -0.3 is 15.3 Å². The lowest BCUT2D eigenvalue weighted by Crippen LogP contribution is -2.48. The Labute approximate surface area is 179 Å². The topological polar surface area (TPSA) is 60.7 Å². The van der Waals surface area contributed by atoms with Crippen LogP contribution in [0, 0.1) is 23.2 Å². The van der Waals surface area contributed by atoms with Gasteiger partial charge in [-0.05, 0) is 88.0 Å². The maximum atomic E-state index is 13.9. The first kappa shape index (κ1) is 25.7. The van der Waals surface area contributed by atoms with Crippen molar-refractivity contribution in [3.05, 3.63) is 12.2 Å². The number of alkyl halides is 3. The summed E-state index contributed by atoms with van der Waals surface area (Å²) in [5, 5.41) is 30.8. The zero-order chi connectivity index (χ0) is 22.8. The number of aliphatic hydroxyl groups is 3. The SMILES string of the molecule is CC(CC=CC(O)(CC1CCC2C(O)CCC[C@]12C)C(F)(F)F)CCCC(C)(C)O. The summed E-state index contributed by atoms with van der Waals surface area (Å²) in [6.07, 6.45) is 3.42. The van der Waals surface area contributed by atoms with Crippen LogP contribution in [0.25, 0.3) is 0 Å². The van der Waals surface area contributed by atoms with Crippen molar-refractivity contribution in [1.82, 2.24) is 0 Å². The number of hydrogen-bond acceptors (Lipinski definition) is 3. The van der Waals surface area contributed by atoms with E-state index in [0.29, 0.717) is 19.3 Å². The van der Waals surface area contributed by atoms with Gasteiger partial charge in [-0.2, -0.15) is 13.2 Å². The van der Waals surface area contributed by atoms with E-state index in [1.54, 1.807) is 13.8 Å². The minimum absolute atomic E-state index is 0.0357. The van der Waals surface area contributed by atoms with Gasteiger partial charge in [0.2, 0.25) is 0 Å². The van der Waals surface area contributed by atoms with E-state index in [0.717, 1.165) is 44.6 Å². The van der Waals surface area contributed by atoms with Crippen LogP contribution in [-0.2, 0) is 0 Å². The monoisotopic (exact) mass is 434 g/mol. The van der Waals surface area contributed by atoms with Crippen LogP contribution in [0.3, 0.4) is 0 Å². The molecule has 2 fully saturated rings. The highest BCUT2D eigenvalue weighted by Crippen LogP contribution is 2.58. The standard InChI is InChI=1S/C24H41F3O3/c1-17(8-5-13-21(2,3)29)9-6-15-23(30,24(25,26)27)16-18-11-12-19-20(28)10-7-14-22(18,19)4/h6,15,17-20,28-30H,5,7-14,16H2,1-4H3/t17?,18?,19?,20?,22-,23?/m1/s1. The Bertz CT molecular complexity index is 583.